The van der Waals surface area contributed by atoms with Crippen LogP contribution >= 0.6 is 0 Å². The van der Waals surface area contributed by atoms with Gasteiger partial charge in [0.2, 0.25) is 0 Å². The highest BCUT2D eigenvalue weighted by molar-refractivity contribution is 5.77. The van der Waals surface area contributed by atoms with Crippen molar-refractivity contribution in [1.29, 1.82) is 0 Å². The molecular weight excluding hydrogens is 428 g/mol. The summed E-state index contributed by atoms with van der Waals surface area (Å²) in [6, 6.07) is 13.7. The van der Waals surface area contributed by atoms with Gasteiger partial charge in [0.05, 0.1) is 17.4 Å². The Morgan fingerprint density at radius 1 is 1.09 bits per heavy atom. The van der Waals surface area contributed by atoms with Crippen molar-refractivity contribution < 1.29 is 9.84 Å². The first kappa shape index (κ1) is 24.4. The number of aryl methyl sites for hydroxylation is 1. The van der Waals surface area contributed by atoms with Crippen molar-refractivity contribution in [2.45, 2.75) is 45.8 Å². The summed E-state index contributed by atoms with van der Waals surface area (Å²) in [7, 11) is 0. The number of aliphatic hydroxyl groups excluding tert-OH is 1. The van der Waals surface area contributed by atoms with E-state index in [4.69, 9.17) is 4.74 Å². The molecule has 0 bridgehead atoms. The Labute approximate surface area is 201 Å². The van der Waals surface area contributed by atoms with Crippen LogP contribution in [0.4, 0.5) is 0 Å². The number of ether oxygens (including phenoxy) is 1. The van der Waals surface area contributed by atoms with E-state index < -0.39 is 6.10 Å². The van der Waals surface area contributed by atoms with Gasteiger partial charge in [-0.25, -0.2) is 4.98 Å². The number of rotatable bonds is 7. The van der Waals surface area contributed by atoms with Gasteiger partial charge >= 0.3 is 0 Å². The number of benzene rings is 2. The molecule has 1 aliphatic heterocycles. The number of para-hydroxylation sites is 1. The van der Waals surface area contributed by atoms with Gasteiger partial charge < -0.3 is 14.8 Å². The molecule has 182 valence electrons. The molecular formula is C27H36N4O3. The zero-order valence-corrected chi connectivity index (χ0v) is 20.7. The van der Waals surface area contributed by atoms with E-state index in [2.05, 4.69) is 52.7 Å². The number of aliphatic hydroxyl groups is 1. The third-order valence-electron chi connectivity index (χ3n) is 6.44. The van der Waals surface area contributed by atoms with Crippen molar-refractivity contribution in [2.24, 2.45) is 0 Å². The van der Waals surface area contributed by atoms with Crippen molar-refractivity contribution in [3.05, 3.63) is 69.8 Å². The van der Waals surface area contributed by atoms with Crippen LogP contribution in [0.2, 0.25) is 0 Å². The second kappa shape index (κ2) is 10.3. The minimum Gasteiger partial charge on any atom is -0.491 e. The Hall–Kier alpha value is -2.74. The molecule has 2 heterocycles. The Balaban J connectivity index is 1.24. The van der Waals surface area contributed by atoms with Gasteiger partial charge in [0, 0.05) is 32.7 Å². The highest BCUT2D eigenvalue weighted by atomic mass is 16.5. The standard InChI is InChI=1S/C27H36N4O3/c1-19-15-20(27(2,3)4)9-10-24(19)34-18-21(32)16-30-11-13-31(14-12-30)17-25-28-23-8-6-5-7-22(23)26(33)29-25/h5-10,15,21,32H,11-14,16-18H2,1-4H3,(H,28,29,33). The molecule has 0 spiro atoms. The Morgan fingerprint density at radius 2 is 1.79 bits per heavy atom. The van der Waals surface area contributed by atoms with E-state index in [-0.39, 0.29) is 17.6 Å². The molecule has 2 aromatic carbocycles. The van der Waals surface area contributed by atoms with Crippen molar-refractivity contribution in [3.8, 4) is 5.75 Å². The first-order valence-corrected chi connectivity index (χ1v) is 12.0. The van der Waals surface area contributed by atoms with Gasteiger partial charge in [-0.1, -0.05) is 45.0 Å². The molecule has 1 unspecified atom stereocenters. The van der Waals surface area contributed by atoms with E-state index >= 15 is 0 Å². The average molecular weight is 465 g/mol. The second-order valence-corrected chi connectivity index (χ2v) is 10.3. The zero-order valence-electron chi connectivity index (χ0n) is 20.7. The number of hydrogen-bond acceptors (Lipinski definition) is 6. The van der Waals surface area contributed by atoms with Crippen LogP contribution in [0.15, 0.2) is 47.3 Å². The number of nitrogens with zero attached hydrogens (tertiary/aromatic N) is 3. The Bertz CT molecular complexity index is 1180. The number of aromatic nitrogens is 2. The predicted molar refractivity (Wildman–Crippen MR) is 135 cm³/mol. The number of aromatic amines is 1. The number of β-amino-alcohol motifs (C(OH)–C–C–N with tert-alkyl or cyclic N) is 1. The molecule has 1 aromatic heterocycles. The molecule has 1 saturated heterocycles. The fourth-order valence-corrected chi connectivity index (χ4v) is 4.37. The molecule has 1 atom stereocenters. The number of fused-ring (bicyclic) bond motifs is 1. The summed E-state index contributed by atoms with van der Waals surface area (Å²) in [4.78, 5) is 24.4. The van der Waals surface area contributed by atoms with Crippen molar-refractivity contribution in [2.75, 3.05) is 39.3 Å². The van der Waals surface area contributed by atoms with E-state index in [1.165, 1.54) is 5.56 Å². The van der Waals surface area contributed by atoms with Crippen LogP contribution in [0.1, 0.15) is 37.7 Å². The molecule has 0 aliphatic carbocycles. The molecule has 34 heavy (non-hydrogen) atoms. The third kappa shape index (κ3) is 6.03. The molecule has 1 fully saturated rings. The summed E-state index contributed by atoms with van der Waals surface area (Å²) in [6.07, 6.45) is -0.549. The largest absolute Gasteiger partial charge is 0.491 e. The second-order valence-electron chi connectivity index (χ2n) is 10.3. The monoisotopic (exact) mass is 464 g/mol. The van der Waals surface area contributed by atoms with Gasteiger partial charge in [0.1, 0.15) is 24.3 Å². The minimum atomic E-state index is -0.549. The van der Waals surface area contributed by atoms with E-state index in [1.807, 2.05) is 31.2 Å². The summed E-state index contributed by atoms with van der Waals surface area (Å²) in [5, 5.41) is 11.2. The van der Waals surface area contributed by atoms with Crippen LogP contribution < -0.4 is 10.3 Å². The maximum atomic E-state index is 12.3. The van der Waals surface area contributed by atoms with Crippen LogP contribution in [0.5, 0.6) is 5.75 Å². The van der Waals surface area contributed by atoms with E-state index in [0.29, 0.717) is 24.3 Å². The van der Waals surface area contributed by atoms with Crippen LogP contribution in [-0.4, -0.2) is 70.3 Å². The summed E-state index contributed by atoms with van der Waals surface area (Å²) in [5.74, 6) is 1.52. The van der Waals surface area contributed by atoms with E-state index in [0.717, 1.165) is 43.0 Å². The lowest BCUT2D eigenvalue weighted by atomic mass is 9.86. The van der Waals surface area contributed by atoms with Gasteiger partial charge in [-0.2, -0.15) is 0 Å². The smallest absolute Gasteiger partial charge is 0.258 e. The lowest BCUT2D eigenvalue weighted by molar-refractivity contribution is 0.0440. The fourth-order valence-electron chi connectivity index (χ4n) is 4.37. The average Bonchev–Trinajstić information content (AvgIpc) is 2.79. The summed E-state index contributed by atoms with van der Waals surface area (Å²) in [6.45, 7) is 13.5. The van der Waals surface area contributed by atoms with E-state index in [9.17, 15) is 9.90 Å². The highest BCUT2D eigenvalue weighted by Gasteiger charge is 2.21. The van der Waals surface area contributed by atoms with Gasteiger partial charge in [-0.15, -0.1) is 0 Å². The summed E-state index contributed by atoms with van der Waals surface area (Å²) in [5.41, 5.74) is 3.11. The molecule has 7 nitrogen and oxygen atoms in total. The fraction of sp³-hybridized carbons (Fsp3) is 0.481. The maximum Gasteiger partial charge on any atom is 0.258 e. The lowest BCUT2D eigenvalue weighted by Gasteiger charge is -2.35. The molecule has 3 aromatic rings. The molecule has 4 rings (SSSR count). The first-order chi connectivity index (χ1) is 16.2. The van der Waals surface area contributed by atoms with Crippen molar-refractivity contribution in [1.82, 2.24) is 19.8 Å². The number of hydrogen-bond donors (Lipinski definition) is 2. The number of nitrogens with one attached hydrogen (secondary N) is 1. The maximum absolute atomic E-state index is 12.3. The predicted octanol–water partition coefficient (Wildman–Crippen LogP) is 3.09. The third-order valence-corrected chi connectivity index (χ3v) is 6.44. The van der Waals surface area contributed by atoms with Gasteiger partial charge in [0.15, 0.2) is 0 Å². The minimum absolute atomic E-state index is 0.0920. The molecule has 2 N–H and O–H groups in total. The van der Waals surface area contributed by atoms with Gasteiger partial charge in [-0.3, -0.25) is 14.6 Å². The molecule has 1 aliphatic rings. The normalized spacial score (nSPS) is 16.6. The number of H-pyrrole nitrogens is 1. The van der Waals surface area contributed by atoms with Crippen LogP contribution in [-0.2, 0) is 12.0 Å². The van der Waals surface area contributed by atoms with Crippen LogP contribution in [0.25, 0.3) is 10.9 Å². The molecule has 7 heteroatoms. The lowest BCUT2D eigenvalue weighted by Crippen LogP contribution is -2.49. The van der Waals surface area contributed by atoms with Crippen molar-refractivity contribution >= 4 is 10.9 Å². The molecule has 0 amide bonds. The molecule has 0 saturated carbocycles. The zero-order chi connectivity index (χ0) is 24.3. The van der Waals surface area contributed by atoms with Crippen LogP contribution in [0, 0.1) is 6.92 Å². The number of piperazine rings is 1. The SMILES string of the molecule is Cc1cc(C(C)(C)C)ccc1OCC(O)CN1CCN(Cc2nc3ccccc3c(=O)[nH]2)CC1. The quantitative estimate of drug-likeness (QED) is 0.559. The Kier molecular flexibility index (Phi) is 7.36. The van der Waals surface area contributed by atoms with Gasteiger partial charge in [0.25, 0.3) is 5.56 Å². The van der Waals surface area contributed by atoms with Crippen molar-refractivity contribution in [3.63, 3.8) is 0 Å². The summed E-state index contributed by atoms with van der Waals surface area (Å²) >= 11 is 0. The van der Waals surface area contributed by atoms with Crippen LogP contribution in [0.3, 0.4) is 0 Å². The topological polar surface area (TPSA) is 81.7 Å². The summed E-state index contributed by atoms with van der Waals surface area (Å²) < 4.78 is 5.93. The first-order valence-electron chi connectivity index (χ1n) is 12.0. The van der Waals surface area contributed by atoms with E-state index in [1.54, 1.807) is 6.07 Å². The Morgan fingerprint density at radius 3 is 2.50 bits per heavy atom. The molecule has 0 radical (unpaired) electrons. The highest BCUT2D eigenvalue weighted by Crippen LogP contribution is 2.27. The van der Waals surface area contributed by atoms with Gasteiger partial charge in [-0.05, 0) is 41.7 Å².